The molecule has 4 rings (SSSR count). The van der Waals surface area contributed by atoms with Crippen LogP contribution in [0.5, 0.6) is 0 Å². The molecular formula is C28H37N3O6. The Hall–Kier alpha value is -3.17. The lowest BCUT2D eigenvalue weighted by Crippen LogP contribution is -2.39. The second-order valence-electron chi connectivity index (χ2n) is 9.61. The Morgan fingerprint density at radius 3 is 2.76 bits per heavy atom. The van der Waals surface area contributed by atoms with Crippen molar-refractivity contribution in [3.63, 3.8) is 0 Å². The fourth-order valence-electron chi connectivity index (χ4n) is 5.35. The molecule has 3 heterocycles. The van der Waals surface area contributed by atoms with Crippen molar-refractivity contribution < 1.29 is 29.0 Å². The van der Waals surface area contributed by atoms with Crippen molar-refractivity contribution in [1.29, 1.82) is 0 Å². The molecule has 0 bridgehead atoms. The molecule has 0 spiro atoms. The SMILES string of the molecule is CCO[C@H]1OC(C(=O)NCCCN2CCCC2=O)=C[C@@H](c2cn(C(C)=O)c3ccccc23)[C@@H]1CCCO. The maximum atomic E-state index is 13.1. The fraction of sp³-hybridized carbons (Fsp3) is 0.536. The summed E-state index contributed by atoms with van der Waals surface area (Å²) in [6.45, 7) is 5.66. The fourth-order valence-corrected chi connectivity index (χ4v) is 5.35. The van der Waals surface area contributed by atoms with Crippen molar-refractivity contribution in [2.75, 3.05) is 32.8 Å². The Bertz CT molecular complexity index is 1160. The van der Waals surface area contributed by atoms with Gasteiger partial charge in [-0.1, -0.05) is 18.2 Å². The van der Waals surface area contributed by atoms with Crippen LogP contribution in [-0.2, 0) is 19.1 Å². The smallest absolute Gasteiger partial charge is 0.286 e. The molecule has 1 aromatic heterocycles. The number of benzene rings is 1. The third kappa shape index (κ3) is 6.05. The number of hydrogen-bond donors (Lipinski definition) is 2. The van der Waals surface area contributed by atoms with Gasteiger partial charge in [0.05, 0.1) is 5.52 Å². The van der Waals surface area contributed by atoms with Crippen LogP contribution in [0.4, 0.5) is 0 Å². The highest BCUT2D eigenvalue weighted by molar-refractivity contribution is 5.95. The first-order chi connectivity index (χ1) is 17.9. The van der Waals surface area contributed by atoms with Gasteiger partial charge in [-0.25, -0.2) is 0 Å². The summed E-state index contributed by atoms with van der Waals surface area (Å²) in [7, 11) is 0. The zero-order valence-electron chi connectivity index (χ0n) is 21.7. The molecule has 2 aliphatic heterocycles. The molecule has 0 aliphatic carbocycles. The number of likely N-dealkylation sites (tertiary alicyclic amines) is 1. The highest BCUT2D eigenvalue weighted by atomic mass is 16.7. The van der Waals surface area contributed by atoms with Gasteiger partial charge in [0.15, 0.2) is 5.76 Å². The first-order valence-corrected chi connectivity index (χ1v) is 13.2. The van der Waals surface area contributed by atoms with Crippen LogP contribution in [0.15, 0.2) is 42.3 Å². The maximum Gasteiger partial charge on any atom is 0.286 e. The van der Waals surface area contributed by atoms with Crippen LogP contribution in [0, 0.1) is 5.92 Å². The minimum atomic E-state index is -0.672. The average Bonchev–Trinajstić information content (AvgIpc) is 3.49. The Balaban J connectivity index is 1.60. The van der Waals surface area contributed by atoms with E-state index in [9.17, 15) is 19.5 Å². The number of aliphatic hydroxyl groups excluding tert-OH is 1. The molecule has 1 saturated heterocycles. The molecule has 2 aromatic rings. The third-order valence-corrected chi connectivity index (χ3v) is 7.14. The summed E-state index contributed by atoms with van der Waals surface area (Å²) in [5.74, 6) is -0.493. The van der Waals surface area contributed by atoms with Gasteiger partial charge in [0.25, 0.3) is 5.91 Å². The van der Waals surface area contributed by atoms with Gasteiger partial charge in [-0.05, 0) is 50.3 Å². The van der Waals surface area contributed by atoms with Crippen LogP contribution < -0.4 is 5.32 Å². The van der Waals surface area contributed by atoms with Gasteiger partial charge in [0.1, 0.15) is 0 Å². The number of allylic oxidation sites excluding steroid dienone is 1. The molecule has 1 fully saturated rings. The molecular weight excluding hydrogens is 474 g/mol. The highest BCUT2D eigenvalue weighted by Crippen LogP contribution is 2.42. The summed E-state index contributed by atoms with van der Waals surface area (Å²) in [4.78, 5) is 39.2. The number of aliphatic hydroxyl groups is 1. The van der Waals surface area contributed by atoms with Crippen molar-refractivity contribution in [1.82, 2.24) is 14.8 Å². The Labute approximate surface area is 217 Å². The number of aromatic nitrogens is 1. The van der Waals surface area contributed by atoms with E-state index in [2.05, 4.69) is 5.32 Å². The normalized spacial score (nSPS) is 21.7. The lowest BCUT2D eigenvalue weighted by molar-refractivity contribution is -0.166. The lowest BCUT2D eigenvalue weighted by Gasteiger charge is -2.36. The zero-order chi connectivity index (χ0) is 26.4. The standard InChI is InChI=1S/C28H37N3O6/c1-3-36-28-21(10-7-16-32)22(23-18-31(19(2)33)24-11-5-4-9-20(23)24)17-25(37-28)27(35)29-13-8-15-30-14-6-12-26(30)34/h4-5,9,11,17-18,21-22,28,32H,3,6-8,10,12-16H2,1-2H3,(H,29,35)/t21-,22+,28-/m0/s1. The van der Waals surface area contributed by atoms with Crippen molar-refractivity contribution in [3.8, 4) is 0 Å². The van der Waals surface area contributed by atoms with E-state index in [-0.39, 0.29) is 41.9 Å². The number of amides is 2. The monoisotopic (exact) mass is 511 g/mol. The number of carbonyl (C=O) groups is 3. The second-order valence-corrected chi connectivity index (χ2v) is 9.61. The predicted octanol–water partition coefficient (Wildman–Crippen LogP) is 3.18. The zero-order valence-corrected chi connectivity index (χ0v) is 21.7. The molecule has 0 radical (unpaired) electrons. The minimum absolute atomic E-state index is 0.0356. The number of fused-ring (bicyclic) bond motifs is 1. The van der Waals surface area contributed by atoms with E-state index in [1.165, 1.54) is 6.92 Å². The minimum Gasteiger partial charge on any atom is -0.459 e. The Morgan fingerprint density at radius 2 is 2.05 bits per heavy atom. The van der Waals surface area contributed by atoms with Gasteiger partial charge >= 0.3 is 0 Å². The Morgan fingerprint density at radius 1 is 1.24 bits per heavy atom. The molecule has 0 saturated carbocycles. The maximum absolute atomic E-state index is 13.1. The second kappa shape index (κ2) is 12.4. The van der Waals surface area contributed by atoms with E-state index in [1.807, 2.05) is 48.4 Å². The van der Waals surface area contributed by atoms with Crippen LogP contribution in [0.3, 0.4) is 0 Å². The van der Waals surface area contributed by atoms with E-state index in [1.54, 1.807) is 4.57 Å². The third-order valence-electron chi connectivity index (χ3n) is 7.14. The van der Waals surface area contributed by atoms with Gasteiger partial charge in [-0.2, -0.15) is 0 Å². The summed E-state index contributed by atoms with van der Waals surface area (Å²) < 4.78 is 13.7. The van der Waals surface area contributed by atoms with Gasteiger partial charge in [-0.3, -0.25) is 19.0 Å². The molecule has 200 valence electrons. The van der Waals surface area contributed by atoms with E-state index < -0.39 is 6.29 Å². The number of carbonyl (C=O) groups excluding carboxylic acids is 3. The Kier molecular flexibility index (Phi) is 9.00. The first kappa shape index (κ1) is 26.9. The number of rotatable bonds is 11. The summed E-state index contributed by atoms with van der Waals surface area (Å²) in [6, 6.07) is 7.71. The van der Waals surface area contributed by atoms with Gasteiger partial charge in [0, 0.05) is 69.6 Å². The predicted molar refractivity (Wildman–Crippen MR) is 139 cm³/mol. The molecule has 9 nitrogen and oxygen atoms in total. The summed E-state index contributed by atoms with van der Waals surface area (Å²) in [5, 5.41) is 13.4. The number of hydrogen-bond acceptors (Lipinski definition) is 6. The number of ether oxygens (including phenoxy) is 2. The number of para-hydroxylation sites is 1. The average molecular weight is 512 g/mol. The lowest BCUT2D eigenvalue weighted by atomic mass is 9.80. The summed E-state index contributed by atoms with van der Waals surface area (Å²) in [6.07, 6.45) is 6.34. The quantitative estimate of drug-likeness (QED) is 0.449. The molecule has 0 unspecified atom stereocenters. The van der Waals surface area contributed by atoms with Gasteiger partial charge in [0.2, 0.25) is 18.1 Å². The number of nitrogens with one attached hydrogen (secondary N) is 1. The molecule has 37 heavy (non-hydrogen) atoms. The molecule has 2 N–H and O–H groups in total. The van der Waals surface area contributed by atoms with Crippen molar-refractivity contribution in [2.24, 2.45) is 5.92 Å². The highest BCUT2D eigenvalue weighted by Gasteiger charge is 2.39. The molecule has 2 aliphatic rings. The number of nitrogens with zero attached hydrogens (tertiary/aromatic N) is 2. The molecule has 1 aromatic carbocycles. The molecule has 2 amide bonds. The van der Waals surface area contributed by atoms with Crippen molar-refractivity contribution in [2.45, 2.75) is 58.2 Å². The van der Waals surface area contributed by atoms with Crippen LogP contribution >= 0.6 is 0 Å². The van der Waals surface area contributed by atoms with E-state index in [0.29, 0.717) is 45.4 Å². The molecule has 9 heteroatoms. The van der Waals surface area contributed by atoms with Gasteiger partial charge < -0.3 is 24.8 Å². The van der Waals surface area contributed by atoms with Crippen molar-refractivity contribution in [3.05, 3.63) is 47.9 Å². The summed E-state index contributed by atoms with van der Waals surface area (Å²) >= 11 is 0. The van der Waals surface area contributed by atoms with Crippen molar-refractivity contribution >= 4 is 28.6 Å². The van der Waals surface area contributed by atoms with Crippen LogP contribution in [0.1, 0.15) is 62.2 Å². The first-order valence-electron chi connectivity index (χ1n) is 13.2. The largest absolute Gasteiger partial charge is 0.459 e. The van der Waals surface area contributed by atoms with E-state index in [0.717, 1.165) is 29.4 Å². The topological polar surface area (TPSA) is 110 Å². The van der Waals surface area contributed by atoms with Gasteiger partial charge in [-0.15, -0.1) is 0 Å². The summed E-state index contributed by atoms with van der Waals surface area (Å²) in [5.41, 5.74) is 1.72. The van der Waals surface area contributed by atoms with E-state index in [4.69, 9.17) is 9.47 Å². The van der Waals surface area contributed by atoms with E-state index >= 15 is 0 Å². The van der Waals surface area contributed by atoms with Crippen LogP contribution in [-0.4, -0.2) is 71.4 Å². The van der Waals surface area contributed by atoms with Crippen LogP contribution in [0.2, 0.25) is 0 Å². The molecule has 3 atom stereocenters. The van der Waals surface area contributed by atoms with Crippen LogP contribution in [0.25, 0.3) is 10.9 Å².